The molecule has 1 fully saturated rings. The molecule has 144 valence electrons. The second-order valence-corrected chi connectivity index (χ2v) is 7.25. The number of benzene rings is 1. The Hall–Kier alpha value is -3.16. The van der Waals surface area contributed by atoms with Crippen molar-refractivity contribution in [3.8, 4) is 11.5 Å². The first-order valence-corrected chi connectivity index (χ1v) is 9.52. The normalized spacial score (nSPS) is 18.6. The van der Waals surface area contributed by atoms with Crippen LogP contribution >= 0.6 is 0 Å². The molecule has 2 aromatic heterocycles. The molecule has 1 amide bonds. The molecule has 1 saturated heterocycles. The first-order chi connectivity index (χ1) is 13.6. The minimum absolute atomic E-state index is 0.0225. The molecule has 3 aromatic rings. The Morgan fingerprint density at radius 2 is 1.93 bits per heavy atom. The van der Waals surface area contributed by atoms with Crippen LogP contribution in [0.3, 0.4) is 0 Å². The van der Waals surface area contributed by atoms with Gasteiger partial charge in [-0.05, 0) is 50.5 Å². The predicted molar refractivity (Wildman–Crippen MR) is 101 cm³/mol. The average molecular weight is 379 g/mol. The zero-order valence-electron chi connectivity index (χ0n) is 15.9. The third-order valence-corrected chi connectivity index (χ3v) is 5.27. The van der Waals surface area contributed by atoms with Gasteiger partial charge in [0.1, 0.15) is 13.2 Å². The Balaban J connectivity index is 1.47. The number of aryl methyl sites for hydroxylation is 2. The van der Waals surface area contributed by atoms with E-state index in [1.165, 1.54) is 0 Å². The zero-order valence-corrected chi connectivity index (χ0v) is 15.9. The summed E-state index contributed by atoms with van der Waals surface area (Å²) in [6.45, 7) is 5.62. The van der Waals surface area contributed by atoms with Gasteiger partial charge in [0, 0.05) is 17.9 Å². The highest BCUT2D eigenvalue weighted by Gasteiger charge is 2.33. The van der Waals surface area contributed by atoms with Crippen LogP contribution in [0.5, 0.6) is 11.5 Å². The maximum absolute atomic E-state index is 13.2. The lowest BCUT2D eigenvalue weighted by atomic mass is 10.0. The summed E-state index contributed by atoms with van der Waals surface area (Å²) in [5.41, 5.74) is 2.80. The summed E-state index contributed by atoms with van der Waals surface area (Å²) >= 11 is 0. The Morgan fingerprint density at radius 1 is 1.11 bits per heavy atom. The van der Waals surface area contributed by atoms with Gasteiger partial charge in [-0.1, -0.05) is 6.07 Å². The molecule has 0 spiro atoms. The highest BCUT2D eigenvalue weighted by molar-refractivity contribution is 5.91. The number of likely N-dealkylation sites (tertiary alicyclic amines) is 1. The lowest BCUT2D eigenvalue weighted by Crippen LogP contribution is -2.31. The van der Waals surface area contributed by atoms with Gasteiger partial charge in [-0.2, -0.15) is 4.98 Å². The van der Waals surface area contributed by atoms with Crippen LogP contribution in [0.2, 0.25) is 0 Å². The van der Waals surface area contributed by atoms with Gasteiger partial charge in [0.25, 0.3) is 11.7 Å². The summed E-state index contributed by atoms with van der Waals surface area (Å²) in [5, 5.41) is 4.40. The van der Waals surface area contributed by atoms with Crippen molar-refractivity contribution in [2.24, 2.45) is 0 Å². The average Bonchev–Trinajstić information content (AvgIpc) is 3.34. The molecule has 0 aliphatic carbocycles. The highest BCUT2D eigenvalue weighted by Crippen LogP contribution is 2.38. The second kappa shape index (κ2) is 6.47. The van der Waals surface area contributed by atoms with E-state index in [1.54, 1.807) is 4.52 Å². The molecule has 1 aromatic carbocycles. The van der Waals surface area contributed by atoms with Crippen LogP contribution in [-0.2, 0) is 0 Å². The third-order valence-electron chi connectivity index (χ3n) is 5.27. The molecular weight excluding hydrogens is 358 g/mol. The van der Waals surface area contributed by atoms with Gasteiger partial charge in [0.05, 0.1) is 6.04 Å². The molecule has 2 aliphatic rings. The molecule has 4 heterocycles. The lowest BCUT2D eigenvalue weighted by Gasteiger charge is -2.25. The molecule has 5 rings (SSSR count). The van der Waals surface area contributed by atoms with E-state index in [4.69, 9.17) is 9.47 Å². The number of aromatic nitrogens is 4. The number of carbonyl (C=O) groups excluding carboxylic acids is 1. The SMILES string of the molecule is Cc1cc(C)n2nc(C(=O)N3CCC[C@@H]3c3ccc4c(c3)OCCO4)nc2n1. The van der Waals surface area contributed by atoms with E-state index < -0.39 is 0 Å². The number of hydrogen-bond donors (Lipinski definition) is 0. The topological polar surface area (TPSA) is 81.9 Å². The monoisotopic (exact) mass is 379 g/mol. The van der Waals surface area contributed by atoms with Gasteiger partial charge in [0.15, 0.2) is 11.5 Å². The minimum Gasteiger partial charge on any atom is -0.486 e. The van der Waals surface area contributed by atoms with Crippen molar-refractivity contribution in [2.45, 2.75) is 32.7 Å². The van der Waals surface area contributed by atoms with Crippen molar-refractivity contribution in [3.05, 3.63) is 47.0 Å². The van der Waals surface area contributed by atoms with E-state index in [9.17, 15) is 4.79 Å². The summed E-state index contributed by atoms with van der Waals surface area (Å²) in [5.74, 6) is 1.97. The van der Waals surface area contributed by atoms with E-state index in [-0.39, 0.29) is 17.8 Å². The summed E-state index contributed by atoms with van der Waals surface area (Å²) in [6, 6.07) is 7.81. The Morgan fingerprint density at radius 3 is 2.79 bits per heavy atom. The van der Waals surface area contributed by atoms with Crippen LogP contribution in [0, 0.1) is 13.8 Å². The molecule has 0 radical (unpaired) electrons. The summed E-state index contributed by atoms with van der Waals surface area (Å²) in [7, 11) is 0. The van der Waals surface area contributed by atoms with Crippen molar-refractivity contribution in [1.29, 1.82) is 0 Å². The number of rotatable bonds is 2. The van der Waals surface area contributed by atoms with E-state index in [1.807, 2.05) is 43.0 Å². The fourth-order valence-corrected chi connectivity index (χ4v) is 4.01. The standard InChI is InChI=1S/C20H21N5O3/c1-12-10-13(2)25-20(21-12)22-18(23-25)19(26)24-7-3-4-15(24)14-5-6-16-17(11-14)28-9-8-27-16/h5-6,10-11,15H,3-4,7-9H2,1-2H3/t15-/m1/s1. The maximum atomic E-state index is 13.2. The van der Waals surface area contributed by atoms with Gasteiger partial charge in [-0.3, -0.25) is 4.79 Å². The van der Waals surface area contributed by atoms with Crippen LogP contribution in [0.4, 0.5) is 0 Å². The summed E-state index contributed by atoms with van der Waals surface area (Å²) in [4.78, 5) is 23.8. The first kappa shape index (κ1) is 17.0. The van der Waals surface area contributed by atoms with Crippen LogP contribution in [0.15, 0.2) is 24.3 Å². The van der Waals surface area contributed by atoms with Crippen LogP contribution < -0.4 is 9.47 Å². The van der Waals surface area contributed by atoms with Crippen molar-refractivity contribution in [3.63, 3.8) is 0 Å². The first-order valence-electron chi connectivity index (χ1n) is 9.52. The van der Waals surface area contributed by atoms with Crippen LogP contribution in [0.1, 0.15) is 46.5 Å². The number of nitrogens with zero attached hydrogens (tertiary/aromatic N) is 5. The molecule has 8 heteroatoms. The Kier molecular flexibility index (Phi) is 3.92. The van der Waals surface area contributed by atoms with Gasteiger partial charge in [-0.25, -0.2) is 9.50 Å². The van der Waals surface area contributed by atoms with Crippen molar-refractivity contribution in [2.75, 3.05) is 19.8 Å². The molecule has 0 saturated carbocycles. The molecule has 0 N–H and O–H groups in total. The maximum Gasteiger partial charge on any atom is 0.294 e. The van der Waals surface area contributed by atoms with E-state index in [0.29, 0.717) is 25.5 Å². The quantitative estimate of drug-likeness (QED) is 0.680. The number of hydrogen-bond acceptors (Lipinski definition) is 6. The Bertz CT molecular complexity index is 1080. The fraction of sp³-hybridized carbons (Fsp3) is 0.400. The largest absolute Gasteiger partial charge is 0.486 e. The van der Waals surface area contributed by atoms with Gasteiger partial charge in [0.2, 0.25) is 5.82 Å². The number of ether oxygens (including phenoxy) is 2. The predicted octanol–water partition coefficient (Wildman–Crippen LogP) is 2.49. The number of fused-ring (bicyclic) bond motifs is 2. The molecule has 1 atom stereocenters. The zero-order chi connectivity index (χ0) is 19.3. The highest BCUT2D eigenvalue weighted by atomic mass is 16.6. The van der Waals surface area contributed by atoms with Gasteiger partial charge < -0.3 is 14.4 Å². The van der Waals surface area contributed by atoms with E-state index in [2.05, 4.69) is 15.1 Å². The fourth-order valence-electron chi connectivity index (χ4n) is 4.01. The molecule has 0 unspecified atom stereocenters. The molecular formula is C20H21N5O3. The molecule has 0 bridgehead atoms. The summed E-state index contributed by atoms with van der Waals surface area (Å²) < 4.78 is 12.9. The molecule has 28 heavy (non-hydrogen) atoms. The van der Waals surface area contributed by atoms with E-state index >= 15 is 0 Å². The third kappa shape index (κ3) is 2.76. The smallest absolute Gasteiger partial charge is 0.294 e. The van der Waals surface area contributed by atoms with Gasteiger partial charge in [-0.15, -0.1) is 5.10 Å². The summed E-state index contributed by atoms with van der Waals surface area (Å²) in [6.07, 6.45) is 1.84. The van der Waals surface area contributed by atoms with Crippen LogP contribution in [0.25, 0.3) is 5.78 Å². The van der Waals surface area contributed by atoms with Gasteiger partial charge >= 0.3 is 0 Å². The number of carbonyl (C=O) groups is 1. The molecule has 2 aliphatic heterocycles. The lowest BCUT2D eigenvalue weighted by molar-refractivity contribution is 0.0723. The van der Waals surface area contributed by atoms with Crippen molar-refractivity contribution < 1.29 is 14.3 Å². The molecule has 8 nitrogen and oxygen atoms in total. The Labute approximate surface area is 162 Å². The van der Waals surface area contributed by atoms with Crippen molar-refractivity contribution >= 4 is 11.7 Å². The van der Waals surface area contributed by atoms with Crippen LogP contribution in [-0.4, -0.2) is 50.1 Å². The second-order valence-electron chi connectivity index (χ2n) is 7.25. The number of amides is 1. The minimum atomic E-state index is -0.167. The van der Waals surface area contributed by atoms with E-state index in [0.717, 1.165) is 41.3 Å². The van der Waals surface area contributed by atoms with Crippen molar-refractivity contribution in [1.82, 2.24) is 24.5 Å².